The van der Waals surface area contributed by atoms with Crippen molar-refractivity contribution in [3.05, 3.63) is 113 Å². The maximum Gasteiger partial charge on any atom is 0.416 e. The Morgan fingerprint density at radius 3 is 2.22 bits per heavy atom. The smallest absolute Gasteiger partial charge is 0.318 e. The number of alkyl halides is 3. The molecule has 0 saturated heterocycles. The highest BCUT2D eigenvalue weighted by molar-refractivity contribution is 7.92. The fraction of sp³-hybridized carbons (Fsp3) is 0.200. The summed E-state index contributed by atoms with van der Waals surface area (Å²) in [6.45, 7) is 7.10. The molecule has 0 spiro atoms. The molecule has 0 aliphatic heterocycles. The van der Waals surface area contributed by atoms with Gasteiger partial charge in [-0.1, -0.05) is 30.3 Å². The third-order valence-corrected chi connectivity index (χ3v) is 8.20. The average molecular weight is 583 g/mol. The molecule has 214 valence electrons. The molecule has 0 fully saturated rings. The van der Waals surface area contributed by atoms with Gasteiger partial charge in [-0.15, -0.1) is 0 Å². The minimum atomic E-state index is -4.70. The van der Waals surface area contributed by atoms with E-state index in [1.54, 1.807) is 6.07 Å². The monoisotopic (exact) mass is 582 g/mol. The van der Waals surface area contributed by atoms with Gasteiger partial charge in [0.2, 0.25) is 0 Å². The summed E-state index contributed by atoms with van der Waals surface area (Å²) in [5.41, 5.74) is 6.74. The van der Waals surface area contributed by atoms with Crippen LogP contribution in [-0.2, 0) is 21.0 Å². The number of benzene rings is 3. The van der Waals surface area contributed by atoms with Gasteiger partial charge in [0.05, 0.1) is 22.4 Å². The summed E-state index contributed by atoms with van der Waals surface area (Å²) in [5, 5.41) is 4.00. The number of rotatable bonds is 8. The lowest BCUT2D eigenvalue weighted by Crippen LogP contribution is -2.39. The molecule has 1 aromatic heterocycles. The molecule has 4 rings (SSSR count). The van der Waals surface area contributed by atoms with Crippen LogP contribution >= 0.6 is 0 Å². The molecule has 0 aliphatic carbocycles. The van der Waals surface area contributed by atoms with Crippen LogP contribution in [0.25, 0.3) is 5.69 Å². The number of aromatic nitrogens is 1. The first-order valence-corrected chi connectivity index (χ1v) is 14.1. The van der Waals surface area contributed by atoms with Gasteiger partial charge in [0, 0.05) is 22.6 Å². The Bertz CT molecular complexity index is 1690. The number of halogens is 3. The van der Waals surface area contributed by atoms with Gasteiger partial charge < -0.3 is 4.57 Å². The highest BCUT2D eigenvalue weighted by atomic mass is 32.2. The molecule has 1 amide bonds. The lowest BCUT2D eigenvalue weighted by molar-refractivity contribution is -0.137. The van der Waals surface area contributed by atoms with Crippen molar-refractivity contribution in [3.8, 4) is 5.69 Å². The van der Waals surface area contributed by atoms with E-state index in [1.165, 1.54) is 36.5 Å². The number of hydrogen-bond acceptors (Lipinski definition) is 4. The van der Waals surface area contributed by atoms with Crippen molar-refractivity contribution in [1.82, 2.24) is 9.99 Å². The summed E-state index contributed by atoms with van der Waals surface area (Å²) >= 11 is 0. The average Bonchev–Trinajstić information content (AvgIpc) is 3.19. The Labute approximate surface area is 237 Å². The Morgan fingerprint density at radius 1 is 0.927 bits per heavy atom. The van der Waals surface area contributed by atoms with Gasteiger partial charge in [-0.2, -0.15) is 18.3 Å². The standard InChI is InChI=1S/C30H29F3N4O3S/c1-20-13-21(2)15-27(14-20)37-22(3)16-24(23(37)4)18-34-35-29(38)19-36(41(39,40)28-11-6-5-7-12-28)26-10-8-9-25(17-26)30(31,32)33/h5-18H,19H2,1-4H3,(H,35,38)/b34-18-. The number of anilines is 1. The van der Waals surface area contributed by atoms with Gasteiger partial charge in [-0.25, -0.2) is 13.8 Å². The van der Waals surface area contributed by atoms with Crippen molar-refractivity contribution >= 4 is 27.8 Å². The Hall–Kier alpha value is -4.38. The summed E-state index contributed by atoms with van der Waals surface area (Å²) < 4.78 is 69.7. The molecule has 7 nitrogen and oxygen atoms in total. The maximum absolute atomic E-state index is 13.4. The predicted octanol–water partition coefficient (Wildman–Crippen LogP) is 6.08. The molecule has 0 unspecified atom stereocenters. The van der Waals surface area contributed by atoms with E-state index in [-0.39, 0.29) is 10.6 Å². The first-order valence-electron chi connectivity index (χ1n) is 12.6. The number of nitrogens with zero attached hydrogens (tertiary/aromatic N) is 3. The quantitative estimate of drug-likeness (QED) is 0.202. The molecule has 0 saturated carbocycles. The van der Waals surface area contributed by atoms with Gasteiger partial charge in [0.1, 0.15) is 6.54 Å². The van der Waals surface area contributed by atoms with Gasteiger partial charge in [0.25, 0.3) is 15.9 Å². The van der Waals surface area contributed by atoms with Crippen molar-refractivity contribution in [3.63, 3.8) is 0 Å². The van der Waals surface area contributed by atoms with E-state index in [4.69, 9.17) is 0 Å². The van der Waals surface area contributed by atoms with Crippen molar-refractivity contribution in [1.29, 1.82) is 0 Å². The zero-order chi connectivity index (χ0) is 29.9. The zero-order valence-electron chi connectivity index (χ0n) is 22.9. The summed E-state index contributed by atoms with van der Waals surface area (Å²) in [6, 6.07) is 19.1. The Morgan fingerprint density at radius 2 is 1.59 bits per heavy atom. The van der Waals surface area contributed by atoms with E-state index < -0.39 is 34.2 Å². The molecular formula is C30H29F3N4O3S. The SMILES string of the molecule is Cc1cc(C)cc(-n2c(C)cc(/C=N\NC(=O)CN(c3cccc(C(F)(F)F)c3)S(=O)(=O)c3ccccc3)c2C)c1. The van der Waals surface area contributed by atoms with Crippen LogP contribution in [-0.4, -0.2) is 31.7 Å². The summed E-state index contributed by atoms with van der Waals surface area (Å²) in [4.78, 5) is 12.7. The second-order valence-electron chi connectivity index (χ2n) is 9.67. The van der Waals surface area contributed by atoms with E-state index in [2.05, 4.69) is 33.3 Å². The number of nitrogens with one attached hydrogen (secondary N) is 1. The Kier molecular flexibility index (Phi) is 8.39. The maximum atomic E-state index is 13.4. The van der Waals surface area contributed by atoms with Gasteiger partial charge >= 0.3 is 6.18 Å². The molecule has 1 heterocycles. The zero-order valence-corrected chi connectivity index (χ0v) is 23.7. The fourth-order valence-electron chi connectivity index (χ4n) is 4.61. The van der Waals surface area contributed by atoms with Crippen LogP contribution in [0.5, 0.6) is 0 Å². The van der Waals surface area contributed by atoms with Crippen LogP contribution in [0.15, 0.2) is 88.9 Å². The van der Waals surface area contributed by atoms with Gasteiger partial charge in [0.15, 0.2) is 0 Å². The first kappa shape index (κ1) is 29.6. The van der Waals surface area contributed by atoms with E-state index in [9.17, 15) is 26.4 Å². The van der Waals surface area contributed by atoms with Crippen LogP contribution in [0.2, 0.25) is 0 Å². The molecule has 0 radical (unpaired) electrons. The molecule has 0 bridgehead atoms. The van der Waals surface area contributed by atoms with Crippen LogP contribution in [0, 0.1) is 27.7 Å². The third kappa shape index (κ3) is 6.68. The van der Waals surface area contributed by atoms with E-state index >= 15 is 0 Å². The fourth-order valence-corrected chi connectivity index (χ4v) is 6.04. The van der Waals surface area contributed by atoms with Crippen LogP contribution in [0.4, 0.5) is 18.9 Å². The number of hydrogen-bond donors (Lipinski definition) is 1. The lowest BCUT2D eigenvalue weighted by Gasteiger charge is -2.24. The molecule has 3 aromatic carbocycles. The molecule has 1 N–H and O–H groups in total. The van der Waals surface area contributed by atoms with Gasteiger partial charge in [-0.3, -0.25) is 9.10 Å². The molecule has 4 aromatic rings. The number of carbonyl (C=O) groups excluding carboxylic acids is 1. The van der Waals surface area contributed by atoms with Gasteiger partial charge in [-0.05, 0) is 87.4 Å². The van der Waals surface area contributed by atoms with Crippen molar-refractivity contribution in [2.75, 3.05) is 10.8 Å². The lowest BCUT2D eigenvalue weighted by atomic mass is 10.1. The Balaban J connectivity index is 1.59. The minimum Gasteiger partial charge on any atom is -0.318 e. The van der Waals surface area contributed by atoms with Crippen molar-refractivity contribution < 1.29 is 26.4 Å². The largest absolute Gasteiger partial charge is 0.416 e. The second-order valence-corrected chi connectivity index (χ2v) is 11.5. The van der Waals surface area contributed by atoms with E-state index in [0.717, 1.165) is 45.9 Å². The third-order valence-electron chi connectivity index (χ3n) is 6.41. The molecule has 0 aliphatic rings. The summed E-state index contributed by atoms with van der Waals surface area (Å²) in [5.74, 6) is -0.832. The van der Waals surface area contributed by atoms with E-state index in [1.807, 2.05) is 33.8 Å². The predicted molar refractivity (Wildman–Crippen MR) is 153 cm³/mol. The number of sulfonamides is 1. The number of aryl methyl sites for hydroxylation is 3. The van der Waals surface area contributed by atoms with Crippen LogP contribution in [0.3, 0.4) is 0 Å². The summed E-state index contributed by atoms with van der Waals surface area (Å²) in [7, 11) is -4.39. The number of hydrazone groups is 1. The summed E-state index contributed by atoms with van der Waals surface area (Å²) in [6.07, 6.45) is -3.26. The van der Waals surface area contributed by atoms with Crippen molar-refractivity contribution in [2.45, 2.75) is 38.8 Å². The minimum absolute atomic E-state index is 0.174. The molecule has 0 atom stereocenters. The highest BCUT2D eigenvalue weighted by Crippen LogP contribution is 2.33. The number of amides is 1. The molecule has 41 heavy (non-hydrogen) atoms. The second kappa shape index (κ2) is 11.6. The van der Waals surface area contributed by atoms with Crippen LogP contribution in [0.1, 0.15) is 33.6 Å². The first-order chi connectivity index (χ1) is 19.3. The topological polar surface area (TPSA) is 83.8 Å². The molecular weight excluding hydrogens is 553 g/mol. The van der Waals surface area contributed by atoms with Crippen molar-refractivity contribution in [2.24, 2.45) is 5.10 Å². The molecule has 11 heteroatoms. The highest BCUT2D eigenvalue weighted by Gasteiger charge is 2.33. The number of carbonyl (C=O) groups is 1. The van der Waals surface area contributed by atoms with Crippen LogP contribution < -0.4 is 9.73 Å². The normalized spacial score (nSPS) is 12.1. The van der Waals surface area contributed by atoms with E-state index in [0.29, 0.717) is 10.4 Å².